The van der Waals surface area contributed by atoms with Gasteiger partial charge in [-0.25, -0.2) is 0 Å². The molecule has 126 valence electrons. The van der Waals surface area contributed by atoms with Crippen molar-refractivity contribution >= 4 is 5.91 Å². The highest BCUT2D eigenvalue weighted by Gasteiger charge is 2.35. The third-order valence-corrected chi connectivity index (χ3v) is 5.45. The number of aryl methyl sites for hydroxylation is 1. The number of hydrogen-bond acceptors (Lipinski definition) is 3. The topological polar surface area (TPSA) is 49.6 Å². The fourth-order valence-electron chi connectivity index (χ4n) is 4.07. The summed E-state index contributed by atoms with van der Waals surface area (Å²) in [6, 6.07) is 8.70. The molecule has 0 spiro atoms. The van der Waals surface area contributed by atoms with Gasteiger partial charge in [-0.2, -0.15) is 0 Å². The Labute approximate surface area is 139 Å². The Morgan fingerprint density at radius 2 is 2.00 bits per heavy atom. The Morgan fingerprint density at radius 1 is 1.22 bits per heavy atom. The molecule has 2 N–H and O–H groups in total. The quantitative estimate of drug-likeness (QED) is 0.925. The molecule has 1 heterocycles. The molecule has 1 aromatic rings. The normalized spacial score (nSPS) is 25.7. The third-order valence-electron chi connectivity index (χ3n) is 5.45. The molecule has 2 atom stereocenters. The minimum atomic E-state index is 0.184. The number of nitrogens with zero attached hydrogens (tertiary/aromatic N) is 2. The first-order valence-corrected chi connectivity index (χ1v) is 8.94. The predicted octanol–water partition coefficient (Wildman–Crippen LogP) is 2.01. The van der Waals surface area contributed by atoms with Gasteiger partial charge in [0.05, 0.1) is 0 Å². The first-order chi connectivity index (χ1) is 11.2. The Bertz CT molecular complexity index is 537. The first-order valence-electron chi connectivity index (χ1n) is 8.94. The smallest absolute Gasteiger partial charge is 0.226 e. The fourth-order valence-corrected chi connectivity index (χ4v) is 4.07. The van der Waals surface area contributed by atoms with E-state index in [-0.39, 0.29) is 5.92 Å². The number of hydrogen-bond donors (Lipinski definition) is 1. The van der Waals surface area contributed by atoms with Gasteiger partial charge in [0, 0.05) is 38.6 Å². The lowest BCUT2D eigenvalue weighted by Crippen LogP contribution is -2.50. The second kappa shape index (κ2) is 7.45. The number of amides is 1. The average molecular weight is 315 g/mol. The second-order valence-electron chi connectivity index (χ2n) is 7.12. The van der Waals surface area contributed by atoms with Crippen LogP contribution >= 0.6 is 0 Å². The number of benzene rings is 1. The van der Waals surface area contributed by atoms with E-state index in [1.807, 2.05) is 0 Å². The van der Waals surface area contributed by atoms with Crippen molar-refractivity contribution in [1.29, 1.82) is 0 Å². The molecule has 1 aliphatic heterocycles. The SMILES string of the molecule is Cc1cccc(CN2CCN(C(=O)[C@@H]3CCC[C@@H]3CN)CC2)c1. The summed E-state index contributed by atoms with van der Waals surface area (Å²) >= 11 is 0. The number of rotatable bonds is 4. The molecular formula is C19H29N3O. The Hall–Kier alpha value is -1.39. The highest BCUT2D eigenvalue weighted by molar-refractivity contribution is 5.79. The summed E-state index contributed by atoms with van der Waals surface area (Å²) in [5.41, 5.74) is 8.51. The zero-order valence-corrected chi connectivity index (χ0v) is 14.2. The van der Waals surface area contributed by atoms with E-state index in [0.717, 1.165) is 52.0 Å². The number of nitrogens with two attached hydrogens (primary N) is 1. The Balaban J connectivity index is 1.51. The summed E-state index contributed by atoms with van der Waals surface area (Å²) in [6.07, 6.45) is 3.32. The Morgan fingerprint density at radius 3 is 2.70 bits per heavy atom. The van der Waals surface area contributed by atoms with Crippen LogP contribution in [0.3, 0.4) is 0 Å². The van der Waals surface area contributed by atoms with Crippen LogP contribution in [0.15, 0.2) is 24.3 Å². The Kier molecular flexibility index (Phi) is 5.34. The lowest BCUT2D eigenvalue weighted by molar-refractivity contribution is -0.138. The van der Waals surface area contributed by atoms with Crippen molar-refractivity contribution in [3.05, 3.63) is 35.4 Å². The van der Waals surface area contributed by atoms with Crippen LogP contribution in [0.2, 0.25) is 0 Å². The number of carbonyl (C=O) groups excluding carboxylic acids is 1. The molecule has 0 bridgehead atoms. The van der Waals surface area contributed by atoms with Crippen molar-refractivity contribution < 1.29 is 4.79 Å². The van der Waals surface area contributed by atoms with Crippen LogP contribution in [0.25, 0.3) is 0 Å². The fraction of sp³-hybridized carbons (Fsp3) is 0.632. The van der Waals surface area contributed by atoms with E-state index in [1.54, 1.807) is 0 Å². The number of piperazine rings is 1. The standard InChI is InChI=1S/C19H29N3O/c1-15-4-2-5-16(12-15)14-21-8-10-22(11-9-21)19(23)18-7-3-6-17(18)13-20/h2,4-5,12,17-18H,3,6-11,13-14,20H2,1H3/t17-,18-/m1/s1. The van der Waals surface area contributed by atoms with Crippen molar-refractivity contribution in [2.75, 3.05) is 32.7 Å². The summed E-state index contributed by atoms with van der Waals surface area (Å²) in [6.45, 7) is 7.44. The molecule has 0 unspecified atom stereocenters. The van der Waals surface area contributed by atoms with Gasteiger partial charge in [0.2, 0.25) is 5.91 Å². The zero-order chi connectivity index (χ0) is 16.2. The predicted molar refractivity (Wildman–Crippen MR) is 92.9 cm³/mol. The summed E-state index contributed by atoms with van der Waals surface area (Å²) in [4.78, 5) is 17.3. The lowest BCUT2D eigenvalue weighted by Gasteiger charge is -2.36. The first kappa shape index (κ1) is 16.5. The molecule has 23 heavy (non-hydrogen) atoms. The van der Waals surface area contributed by atoms with Crippen molar-refractivity contribution in [3.8, 4) is 0 Å². The van der Waals surface area contributed by atoms with E-state index in [0.29, 0.717) is 18.4 Å². The van der Waals surface area contributed by atoms with Crippen molar-refractivity contribution in [3.63, 3.8) is 0 Å². The van der Waals surface area contributed by atoms with E-state index < -0.39 is 0 Å². The van der Waals surface area contributed by atoms with Gasteiger partial charge in [-0.3, -0.25) is 9.69 Å². The maximum absolute atomic E-state index is 12.7. The maximum atomic E-state index is 12.7. The molecule has 3 rings (SSSR count). The molecule has 4 nitrogen and oxygen atoms in total. The number of carbonyl (C=O) groups is 1. The summed E-state index contributed by atoms with van der Waals surface area (Å²) in [5.74, 6) is 0.948. The minimum Gasteiger partial charge on any atom is -0.340 e. The van der Waals surface area contributed by atoms with E-state index in [9.17, 15) is 4.79 Å². The van der Waals surface area contributed by atoms with Crippen LogP contribution < -0.4 is 5.73 Å². The van der Waals surface area contributed by atoms with Gasteiger partial charge in [0.25, 0.3) is 0 Å². The van der Waals surface area contributed by atoms with Crippen LogP contribution in [-0.4, -0.2) is 48.4 Å². The van der Waals surface area contributed by atoms with Crippen LogP contribution in [0.1, 0.15) is 30.4 Å². The van der Waals surface area contributed by atoms with Gasteiger partial charge in [0.15, 0.2) is 0 Å². The maximum Gasteiger partial charge on any atom is 0.226 e. The highest BCUT2D eigenvalue weighted by Crippen LogP contribution is 2.32. The van der Waals surface area contributed by atoms with Gasteiger partial charge in [-0.05, 0) is 37.8 Å². The van der Waals surface area contributed by atoms with Gasteiger partial charge in [-0.15, -0.1) is 0 Å². The summed E-state index contributed by atoms with van der Waals surface area (Å²) in [5, 5.41) is 0. The molecule has 0 aromatic heterocycles. The van der Waals surface area contributed by atoms with Crippen LogP contribution in [0.4, 0.5) is 0 Å². The molecule has 1 saturated heterocycles. The largest absolute Gasteiger partial charge is 0.340 e. The van der Waals surface area contributed by atoms with Crippen LogP contribution in [-0.2, 0) is 11.3 Å². The molecule has 0 radical (unpaired) electrons. The molecule has 2 fully saturated rings. The van der Waals surface area contributed by atoms with Gasteiger partial charge in [0.1, 0.15) is 0 Å². The van der Waals surface area contributed by atoms with E-state index in [2.05, 4.69) is 41.0 Å². The van der Waals surface area contributed by atoms with Crippen molar-refractivity contribution in [2.45, 2.75) is 32.7 Å². The molecular weight excluding hydrogens is 286 g/mol. The molecule has 4 heteroatoms. The molecule has 1 saturated carbocycles. The third kappa shape index (κ3) is 3.93. The summed E-state index contributed by atoms with van der Waals surface area (Å²) in [7, 11) is 0. The van der Waals surface area contributed by atoms with Crippen molar-refractivity contribution in [1.82, 2.24) is 9.80 Å². The second-order valence-corrected chi connectivity index (χ2v) is 7.12. The monoisotopic (exact) mass is 315 g/mol. The van der Waals surface area contributed by atoms with E-state index in [4.69, 9.17) is 5.73 Å². The van der Waals surface area contributed by atoms with Crippen LogP contribution in [0, 0.1) is 18.8 Å². The zero-order valence-electron chi connectivity index (χ0n) is 14.2. The van der Waals surface area contributed by atoms with Gasteiger partial charge in [-0.1, -0.05) is 36.2 Å². The highest BCUT2D eigenvalue weighted by atomic mass is 16.2. The molecule has 2 aliphatic rings. The van der Waals surface area contributed by atoms with Gasteiger partial charge >= 0.3 is 0 Å². The van der Waals surface area contributed by atoms with Gasteiger partial charge < -0.3 is 10.6 Å². The van der Waals surface area contributed by atoms with Crippen LogP contribution in [0.5, 0.6) is 0 Å². The molecule has 1 aromatic carbocycles. The average Bonchev–Trinajstić information content (AvgIpc) is 3.03. The van der Waals surface area contributed by atoms with Crippen molar-refractivity contribution in [2.24, 2.45) is 17.6 Å². The molecule has 1 aliphatic carbocycles. The minimum absolute atomic E-state index is 0.184. The van der Waals surface area contributed by atoms with E-state index >= 15 is 0 Å². The lowest BCUT2D eigenvalue weighted by atomic mass is 9.94. The summed E-state index contributed by atoms with van der Waals surface area (Å²) < 4.78 is 0. The van der Waals surface area contributed by atoms with E-state index in [1.165, 1.54) is 11.1 Å². The molecule has 1 amide bonds.